The maximum atomic E-state index is 11.2. The van der Waals surface area contributed by atoms with Crippen LogP contribution >= 0.6 is 0 Å². The molecule has 0 amide bonds. The Morgan fingerprint density at radius 2 is 1.70 bits per heavy atom. The number of hydrogen-bond donors (Lipinski definition) is 1. The molecule has 1 unspecified atom stereocenters. The smallest absolute Gasteiger partial charge is 0.335 e. The number of hydrogen-bond acceptors (Lipinski definition) is 2. The predicted molar refractivity (Wildman–Crippen MR) is 136 cm³/mol. The Morgan fingerprint density at radius 1 is 1.00 bits per heavy atom. The van der Waals surface area contributed by atoms with Crippen molar-refractivity contribution in [1.29, 1.82) is 0 Å². The normalized spacial score (nSPS) is 20.5. The zero-order chi connectivity index (χ0) is 23.7. The average Bonchev–Trinajstić information content (AvgIpc) is 2.84. The highest BCUT2D eigenvalue weighted by atomic mass is 16.5. The molecule has 3 nitrogen and oxygen atoms in total. The molecule has 3 heteroatoms. The highest BCUT2D eigenvalue weighted by molar-refractivity contribution is 5.87. The number of carboxylic acids is 1. The van der Waals surface area contributed by atoms with Crippen molar-refractivity contribution in [2.24, 2.45) is 5.92 Å². The second-order valence-electron chi connectivity index (χ2n) is 9.33. The zero-order valence-corrected chi connectivity index (χ0v) is 20.3. The summed E-state index contributed by atoms with van der Waals surface area (Å²) in [5, 5.41) is 9.18. The number of carboxylic acid groups (broad SMARTS) is 1. The monoisotopic (exact) mass is 446 g/mol. The van der Waals surface area contributed by atoms with Crippen LogP contribution in [0.2, 0.25) is 0 Å². The van der Waals surface area contributed by atoms with E-state index in [0.29, 0.717) is 11.5 Å². The fourth-order valence-electron chi connectivity index (χ4n) is 4.58. The number of aromatic carboxylic acids is 1. The van der Waals surface area contributed by atoms with E-state index in [1.165, 1.54) is 24.8 Å². The summed E-state index contributed by atoms with van der Waals surface area (Å²) in [6.45, 7) is 7.54. The summed E-state index contributed by atoms with van der Waals surface area (Å²) in [6, 6.07) is 15.7. The molecule has 1 aliphatic rings. The van der Waals surface area contributed by atoms with E-state index < -0.39 is 5.97 Å². The van der Waals surface area contributed by atoms with Crippen molar-refractivity contribution in [2.75, 3.05) is 6.61 Å². The third kappa shape index (κ3) is 6.37. The molecule has 3 rings (SSSR count). The molecule has 0 fully saturated rings. The van der Waals surface area contributed by atoms with E-state index in [1.54, 1.807) is 12.1 Å². The quantitative estimate of drug-likeness (QED) is 0.266. The van der Waals surface area contributed by atoms with E-state index in [1.807, 2.05) is 12.1 Å². The van der Waals surface area contributed by atoms with Crippen LogP contribution in [0.5, 0.6) is 5.75 Å². The Bertz CT molecular complexity index is 941. The first-order valence-corrected chi connectivity index (χ1v) is 12.4. The van der Waals surface area contributed by atoms with Gasteiger partial charge < -0.3 is 9.84 Å². The minimum absolute atomic E-state index is 0.139. The number of unbranched alkanes of at least 4 members (excludes halogenated alkanes) is 3. The van der Waals surface area contributed by atoms with Gasteiger partial charge in [0.1, 0.15) is 5.75 Å². The highest BCUT2D eigenvalue weighted by Gasteiger charge is 2.33. The number of benzene rings is 2. The van der Waals surface area contributed by atoms with Gasteiger partial charge in [-0.1, -0.05) is 101 Å². The lowest BCUT2D eigenvalue weighted by Gasteiger charge is -2.35. The lowest BCUT2D eigenvalue weighted by atomic mass is 9.69. The van der Waals surface area contributed by atoms with Crippen molar-refractivity contribution in [3.8, 4) is 5.75 Å². The minimum atomic E-state index is -0.893. The maximum Gasteiger partial charge on any atom is 0.335 e. The molecule has 0 aromatic heterocycles. The van der Waals surface area contributed by atoms with E-state index >= 15 is 0 Å². The van der Waals surface area contributed by atoms with Gasteiger partial charge in [0.25, 0.3) is 0 Å². The molecule has 0 spiro atoms. The molecule has 0 radical (unpaired) electrons. The van der Waals surface area contributed by atoms with E-state index in [4.69, 9.17) is 4.74 Å². The second-order valence-corrected chi connectivity index (χ2v) is 9.33. The summed E-state index contributed by atoms with van der Waals surface area (Å²) >= 11 is 0. The lowest BCUT2D eigenvalue weighted by molar-refractivity contribution is 0.0697. The van der Waals surface area contributed by atoms with Crippen molar-refractivity contribution in [1.82, 2.24) is 0 Å². The van der Waals surface area contributed by atoms with Gasteiger partial charge >= 0.3 is 5.97 Å². The largest absolute Gasteiger partial charge is 0.493 e. The molecule has 0 saturated heterocycles. The van der Waals surface area contributed by atoms with Gasteiger partial charge in [0.05, 0.1) is 12.2 Å². The molecule has 1 atom stereocenters. The Balaban J connectivity index is 1.86. The topological polar surface area (TPSA) is 46.5 Å². The van der Waals surface area contributed by atoms with Crippen LogP contribution in [-0.4, -0.2) is 17.7 Å². The molecule has 1 N–H and O–H groups in total. The Hall–Kier alpha value is -2.81. The highest BCUT2D eigenvalue weighted by Crippen LogP contribution is 2.44. The molecule has 1 aliphatic carbocycles. The minimum Gasteiger partial charge on any atom is -0.493 e. The van der Waals surface area contributed by atoms with Crippen molar-refractivity contribution < 1.29 is 14.6 Å². The molecular formula is C30H38O3. The molecule has 0 bridgehead atoms. The van der Waals surface area contributed by atoms with Gasteiger partial charge in [-0.05, 0) is 42.5 Å². The van der Waals surface area contributed by atoms with Gasteiger partial charge in [0.15, 0.2) is 0 Å². The van der Waals surface area contributed by atoms with E-state index in [0.717, 1.165) is 37.2 Å². The van der Waals surface area contributed by atoms with Crippen LogP contribution in [0.4, 0.5) is 0 Å². The zero-order valence-electron chi connectivity index (χ0n) is 20.3. The van der Waals surface area contributed by atoms with Crippen molar-refractivity contribution in [3.05, 3.63) is 89.5 Å². The number of rotatable bonds is 12. The molecule has 2 aromatic rings. The van der Waals surface area contributed by atoms with Gasteiger partial charge in [-0.15, -0.1) is 0 Å². The van der Waals surface area contributed by atoms with Gasteiger partial charge in [0, 0.05) is 16.9 Å². The summed E-state index contributed by atoms with van der Waals surface area (Å²) in [4.78, 5) is 11.2. The lowest BCUT2D eigenvalue weighted by Crippen LogP contribution is -2.27. The van der Waals surface area contributed by atoms with Gasteiger partial charge in [0.2, 0.25) is 0 Å². The Labute approximate surface area is 199 Å². The summed E-state index contributed by atoms with van der Waals surface area (Å²) in [5.74, 6) is 0.800. The summed E-state index contributed by atoms with van der Waals surface area (Å²) in [5.41, 5.74) is 2.45. The second kappa shape index (κ2) is 11.9. The SMILES string of the molecule is CCCCCCOc1ccccc1C1(CC(C)CC)C=CC(c2ccc(C(=O)O)cc2)C=C1. The van der Waals surface area contributed by atoms with Gasteiger partial charge in [-0.2, -0.15) is 0 Å². The number of ether oxygens (including phenoxy) is 1. The van der Waals surface area contributed by atoms with Crippen LogP contribution < -0.4 is 4.74 Å². The standard InChI is InChI=1S/C30H38O3/c1-4-6-7-10-21-33-28-12-9-8-11-27(28)30(22-23(3)5-2)19-17-25(18-20-30)24-13-15-26(16-14-24)29(31)32/h8-9,11-20,23,25H,4-7,10,21-22H2,1-3H3,(H,31,32). The van der Waals surface area contributed by atoms with Crippen LogP contribution in [0, 0.1) is 5.92 Å². The number of para-hydroxylation sites is 1. The van der Waals surface area contributed by atoms with Crippen molar-refractivity contribution in [2.45, 2.75) is 70.6 Å². The van der Waals surface area contributed by atoms with E-state index in [9.17, 15) is 9.90 Å². The van der Waals surface area contributed by atoms with Crippen LogP contribution in [0.25, 0.3) is 0 Å². The first-order valence-electron chi connectivity index (χ1n) is 12.4. The van der Waals surface area contributed by atoms with Crippen LogP contribution in [0.3, 0.4) is 0 Å². The van der Waals surface area contributed by atoms with Crippen molar-refractivity contribution >= 4 is 5.97 Å². The Kier molecular flexibility index (Phi) is 8.94. The molecule has 176 valence electrons. The molecular weight excluding hydrogens is 408 g/mol. The molecule has 0 saturated carbocycles. The Morgan fingerprint density at radius 3 is 2.33 bits per heavy atom. The third-order valence-electron chi connectivity index (χ3n) is 6.77. The van der Waals surface area contributed by atoms with Gasteiger partial charge in [-0.25, -0.2) is 4.79 Å². The van der Waals surface area contributed by atoms with Crippen LogP contribution in [0.15, 0.2) is 72.8 Å². The van der Waals surface area contributed by atoms with Gasteiger partial charge in [-0.3, -0.25) is 0 Å². The van der Waals surface area contributed by atoms with E-state index in [-0.39, 0.29) is 11.3 Å². The van der Waals surface area contributed by atoms with Crippen LogP contribution in [-0.2, 0) is 5.41 Å². The van der Waals surface area contributed by atoms with E-state index in [2.05, 4.69) is 69.3 Å². The number of carbonyl (C=O) groups is 1. The average molecular weight is 447 g/mol. The maximum absolute atomic E-state index is 11.2. The molecule has 33 heavy (non-hydrogen) atoms. The molecule has 0 aliphatic heterocycles. The summed E-state index contributed by atoms with van der Waals surface area (Å²) in [6.07, 6.45) is 16.1. The predicted octanol–water partition coefficient (Wildman–Crippen LogP) is 7.93. The molecule has 0 heterocycles. The summed E-state index contributed by atoms with van der Waals surface area (Å²) < 4.78 is 6.30. The van der Waals surface area contributed by atoms with Crippen molar-refractivity contribution in [3.63, 3.8) is 0 Å². The summed E-state index contributed by atoms with van der Waals surface area (Å²) in [7, 11) is 0. The number of allylic oxidation sites excluding steroid dienone is 4. The first kappa shape index (κ1) is 24.8. The first-order chi connectivity index (χ1) is 16.0. The fourth-order valence-corrected chi connectivity index (χ4v) is 4.58. The third-order valence-corrected chi connectivity index (χ3v) is 6.77. The fraction of sp³-hybridized carbons (Fsp3) is 0.433. The molecule has 2 aromatic carbocycles. The van der Waals surface area contributed by atoms with Crippen LogP contribution in [0.1, 0.15) is 86.7 Å².